The minimum absolute atomic E-state index is 0.128. The Morgan fingerprint density at radius 2 is 1.88 bits per heavy atom. The lowest BCUT2D eigenvalue weighted by atomic mass is 9.92. The lowest BCUT2D eigenvalue weighted by Gasteiger charge is -2.36. The Labute approximate surface area is 151 Å². The fraction of sp³-hybridized carbons (Fsp3) is 0.529. The summed E-state index contributed by atoms with van der Waals surface area (Å²) in [7, 11) is 0. The Hall–Kier alpha value is -2.09. The molecule has 1 aliphatic rings. The molecule has 1 N–H and O–H groups in total. The summed E-state index contributed by atoms with van der Waals surface area (Å²) in [5, 5.41) is 21.5. The van der Waals surface area contributed by atoms with Crippen LogP contribution in [0.5, 0.6) is 5.75 Å². The first-order valence-corrected chi connectivity index (χ1v) is 9.35. The monoisotopic (exact) mass is 361 g/mol. The predicted molar refractivity (Wildman–Crippen MR) is 95.7 cm³/mol. The van der Waals surface area contributed by atoms with Crippen molar-refractivity contribution in [2.75, 3.05) is 13.1 Å². The smallest absolute Gasteiger partial charge is 0.235 e. The third kappa shape index (κ3) is 4.12. The molecule has 3 rings (SSSR count). The Kier molecular flexibility index (Phi) is 5.27. The highest BCUT2D eigenvalue weighted by Crippen LogP contribution is 2.27. The molecule has 0 unspecified atom stereocenters. The third-order valence-corrected chi connectivity index (χ3v) is 5.37. The van der Waals surface area contributed by atoms with E-state index in [4.69, 9.17) is 0 Å². The number of piperidine rings is 1. The van der Waals surface area contributed by atoms with Gasteiger partial charge in [-0.2, -0.15) is 4.68 Å². The maximum Gasteiger partial charge on any atom is 0.235 e. The summed E-state index contributed by atoms with van der Waals surface area (Å²) in [6, 6.07) is 6.62. The third-order valence-electron chi connectivity index (χ3n) is 4.35. The number of aromatic nitrogens is 4. The summed E-state index contributed by atoms with van der Waals surface area (Å²) in [4.78, 5) is 14.8. The van der Waals surface area contributed by atoms with Crippen LogP contribution in [0.2, 0.25) is 0 Å². The van der Waals surface area contributed by atoms with Gasteiger partial charge in [0.05, 0.1) is 10.9 Å². The second-order valence-electron chi connectivity index (χ2n) is 6.84. The molecule has 3 atom stereocenters. The molecule has 2 heterocycles. The van der Waals surface area contributed by atoms with Crippen LogP contribution >= 0.6 is 11.8 Å². The number of tetrazole rings is 1. The maximum atomic E-state index is 12.8. The number of likely N-dealkylation sites (tertiary alicyclic amines) is 1. The highest BCUT2D eigenvalue weighted by molar-refractivity contribution is 8.00. The molecule has 0 saturated carbocycles. The van der Waals surface area contributed by atoms with Gasteiger partial charge in [0.1, 0.15) is 5.75 Å². The lowest BCUT2D eigenvalue weighted by molar-refractivity contribution is -0.132. The molecule has 0 radical (unpaired) electrons. The molecule has 7 nitrogen and oxygen atoms in total. The van der Waals surface area contributed by atoms with E-state index in [0.29, 0.717) is 17.0 Å². The summed E-state index contributed by atoms with van der Waals surface area (Å²) in [6.07, 6.45) is 1.17. The highest BCUT2D eigenvalue weighted by Gasteiger charge is 2.29. The number of carbonyl (C=O) groups is 1. The van der Waals surface area contributed by atoms with Crippen molar-refractivity contribution in [3.63, 3.8) is 0 Å². The zero-order valence-corrected chi connectivity index (χ0v) is 15.5. The normalized spacial score (nSPS) is 22.0. The molecule has 134 valence electrons. The molecule has 25 heavy (non-hydrogen) atoms. The van der Waals surface area contributed by atoms with E-state index in [1.54, 1.807) is 28.9 Å². The van der Waals surface area contributed by atoms with Crippen LogP contribution < -0.4 is 0 Å². The van der Waals surface area contributed by atoms with E-state index >= 15 is 0 Å². The van der Waals surface area contributed by atoms with Crippen LogP contribution in [0.3, 0.4) is 0 Å². The molecule has 0 spiro atoms. The van der Waals surface area contributed by atoms with Crippen LogP contribution in [-0.2, 0) is 4.79 Å². The second kappa shape index (κ2) is 7.43. The van der Waals surface area contributed by atoms with Gasteiger partial charge in [-0.15, -0.1) is 5.10 Å². The van der Waals surface area contributed by atoms with Crippen LogP contribution in [0.15, 0.2) is 29.4 Å². The van der Waals surface area contributed by atoms with E-state index in [2.05, 4.69) is 29.4 Å². The number of thioether (sulfide) groups is 1. The first-order chi connectivity index (χ1) is 11.9. The Morgan fingerprint density at radius 1 is 1.24 bits per heavy atom. The summed E-state index contributed by atoms with van der Waals surface area (Å²) in [5.74, 6) is 1.38. The van der Waals surface area contributed by atoms with E-state index in [1.165, 1.54) is 18.2 Å². The SMILES string of the molecule is C[C@@H]1C[C@H](C)CN(C(=O)[C@@H](C)Sc2nnnn2-c2ccc(O)cc2)C1. The fourth-order valence-electron chi connectivity index (χ4n) is 3.32. The highest BCUT2D eigenvalue weighted by atomic mass is 32.2. The molecule has 1 fully saturated rings. The average molecular weight is 361 g/mol. The van der Waals surface area contributed by atoms with E-state index in [1.807, 2.05) is 11.8 Å². The van der Waals surface area contributed by atoms with Crippen molar-refractivity contribution in [1.29, 1.82) is 0 Å². The van der Waals surface area contributed by atoms with Crippen LogP contribution in [0, 0.1) is 11.8 Å². The Bertz CT molecular complexity index is 723. The van der Waals surface area contributed by atoms with Crippen LogP contribution in [0.25, 0.3) is 5.69 Å². The predicted octanol–water partition coefficient (Wildman–Crippen LogP) is 2.35. The molecule has 8 heteroatoms. The van der Waals surface area contributed by atoms with E-state index in [9.17, 15) is 9.90 Å². The number of hydrogen-bond acceptors (Lipinski definition) is 6. The zero-order valence-electron chi connectivity index (χ0n) is 14.7. The topological polar surface area (TPSA) is 84.1 Å². The maximum absolute atomic E-state index is 12.8. The molecule has 0 aliphatic carbocycles. The standard InChI is InChI=1S/C17H23N5O2S/c1-11-8-12(2)10-21(9-11)16(24)13(3)25-17-18-19-20-22(17)14-4-6-15(23)7-5-14/h4-7,11-13,23H,8-10H2,1-3H3/t11-,12+,13-/m1/s1. The van der Waals surface area contributed by atoms with Crippen LogP contribution in [0.4, 0.5) is 0 Å². The summed E-state index contributed by atoms with van der Waals surface area (Å²) in [5.41, 5.74) is 0.741. The minimum atomic E-state index is -0.264. The number of phenols is 1. The van der Waals surface area contributed by atoms with E-state index in [-0.39, 0.29) is 16.9 Å². The summed E-state index contributed by atoms with van der Waals surface area (Å²) < 4.78 is 1.58. The van der Waals surface area contributed by atoms with Gasteiger partial charge in [0, 0.05) is 13.1 Å². The van der Waals surface area contributed by atoms with Crippen molar-refractivity contribution in [1.82, 2.24) is 25.1 Å². The number of carbonyl (C=O) groups excluding carboxylic acids is 1. The van der Waals surface area contributed by atoms with E-state index in [0.717, 1.165) is 18.8 Å². The number of benzene rings is 1. The zero-order chi connectivity index (χ0) is 18.0. The van der Waals surface area contributed by atoms with Gasteiger partial charge in [0.25, 0.3) is 0 Å². The van der Waals surface area contributed by atoms with Crippen molar-refractivity contribution < 1.29 is 9.90 Å². The van der Waals surface area contributed by atoms with Gasteiger partial charge in [-0.1, -0.05) is 25.6 Å². The molecule has 1 aromatic carbocycles. The average Bonchev–Trinajstić information content (AvgIpc) is 3.02. The molecule has 1 saturated heterocycles. The fourth-order valence-corrected chi connectivity index (χ4v) is 4.21. The van der Waals surface area contributed by atoms with Gasteiger partial charge < -0.3 is 10.0 Å². The van der Waals surface area contributed by atoms with Gasteiger partial charge in [-0.05, 0) is 59.9 Å². The van der Waals surface area contributed by atoms with Crippen molar-refractivity contribution in [2.24, 2.45) is 11.8 Å². The van der Waals surface area contributed by atoms with Crippen molar-refractivity contribution in [2.45, 2.75) is 37.6 Å². The van der Waals surface area contributed by atoms with Crippen molar-refractivity contribution in [3.05, 3.63) is 24.3 Å². The minimum Gasteiger partial charge on any atom is -0.508 e. The lowest BCUT2D eigenvalue weighted by Crippen LogP contribution is -2.45. The van der Waals surface area contributed by atoms with Gasteiger partial charge in [-0.25, -0.2) is 0 Å². The number of aromatic hydroxyl groups is 1. The van der Waals surface area contributed by atoms with Crippen LogP contribution in [-0.4, -0.2) is 54.5 Å². The molecule has 2 aromatic rings. The van der Waals surface area contributed by atoms with E-state index < -0.39 is 0 Å². The number of nitrogens with zero attached hydrogens (tertiary/aromatic N) is 5. The number of hydrogen-bond donors (Lipinski definition) is 1. The first kappa shape index (κ1) is 17.7. The van der Waals surface area contributed by atoms with Gasteiger partial charge in [0.2, 0.25) is 11.1 Å². The second-order valence-corrected chi connectivity index (χ2v) is 8.15. The number of amides is 1. The molecule has 0 bridgehead atoms. The van der Waals surface area contributed by atoms with Gasteiger partial charge in [0.15, 0.2) is 0 Å². The molecule has 1 aliphatic heterocycles. The van der Waals surface area contributed by atoms with Gasteiger partial charge >= 0.3 is 0 Å². The quantitative estimate of drug-likeness (QED) is 0.842. The first-order valence-electron chi connectivity index (χ1n) is 8.47. The molecule has 1 aromatic heterocycles. The summed E-state index contributed by atoms with van der Waals surface area (Å²) >= 11 is 1.35. The number of phenolic OH excluding ortho intramolecular Hbond substituents is 1. The summed E-state index contributed by atoms with van der Waals surface area (Å²) in [6.45, 7) is 7.92. The Morgan fingerprint density at radius 3 is 2.52 bits per heavy atom. The molecular weight excluding hydrogens is 338 g/mol. The molecule has 1 amide bonds. The molecular formula is C17H23N5O2S. The van der Waals surface area contributed by atoms with Gasteiger partial charge in [-0.3, -0.25) is 4.79 Å². The van der Waals surface area contributed by atoms with Crippen molar-refractivity contribution in [3.8, 4) is 11.4 Å². The van der Waals surface area contributed by atoms with Crippen molar-refractivity contribution >= 4 is 17.7 Å². The Balaban J connectivity index is 1.71. The largest absolute Gasteiger partial charge is 0.508 e. The van der Waals surface area contributed by atoms with Crippen LogP contribution in [0.1, 0.15) is 27.2 Å². The number of rotatable bonds is 4.